The maximum Gasteiger partial charge on any atom is 0.334 e. The maximum atomic E-state index is 11.4. The van der Waals surface area contributed by atoms with Crippen molar-refractivity contribution in [3.05, 3.63) is 5.21 Å². The molecule has 11 heteroatoms. The summed E-state index contributed by atoms with van der Waals surface area (Å²) in [7, 11) is 0. The van der Waals surface area contributed by atoms with Crippen LogP contribution in [-0.2, 0) is 0 Å². The summed E-state index contributed by atoms with van der Waals surface area (Å²) in [5.74, 6) is -0.388. The van der Waals surface area contributed by atoms with Crippen molar-refractivity contribution in [2.24, 2.45) is 0 Å². The van der Waals surface area contributed by atoms with E-state index < -0.39 is 5.17 Å². The predicted molar refractivity (Wildman–Crippen MR) is 45.0 cm³/mol. The first-order chi connectivity index (χ1) is 7.18. The summed E-state index contributed by atoms with van der Waals surface area (Å²) in [6.45, 7) is 0. The van der Waals surface area contributed by atoms with E-state index in [1.54, 1.807) is 0 Å². The van der Waals surface area contributed by atoms with Crippen molar-refractivity contribution in [1.82, 2.24) is 20.6 Å². The average molecular weight is 214 g/mol. The van der Waals surface area contributed by atoms with Crippen LogP contribution in [0.4, 0.5) is 23.3 Å². The lowest BCUT2D eigenvalue weighted by Crippen LogP contribution is -3.06. The van der Waals surface area contributed by atoms with Gasteiger partial charge in [-0.25, -0.2) is 19.9 Å². The van der Waals surface area contributed by atoms with Crippen LogP contribution < -0.4 is 22.1 Å². The minimum Gasteiger partial charge on any atom is -0.601 e. The number of nitrogens with two attached hydrogens (primary N) is 2. The lowest BCUT2D eigenvalue weighted by molar-refractivity contribution is -0.752. The third kappa shape index (κ3) is 1.63. The summed E-state index contributed by atoms with van der Waals surface area (Å²) in [5, 5.41) is 23.9. The predicted octanol–water partition coefficient (Wildman–Crippen LogP) is -2.34. The van der Waals surface area contributed by atoms with Crippen LogP contribution in [0.15, 0.2) is 9.26 Å². The zero-order valence-electron chi connectivity index (χ0n) is 7.17. The Morgan fingerprint density at radius 2 is 1.73 bits per heavy atom. The Morgan fingerprint density at radius 3 is 2.27 bits per heavy atom. The van der Waals surface area contributed by atoms with Crippen molar-refractivity contribution < 1.29 is 14.4 Å². The first-order valence-electron chi connectivity index (χ1n) is 3.66. The van der Waals surface area contributed by atoms with E-state index in [1.165, 1.54) is 0 Å². The van der Waals surface area contributed by atoms with Crippen LogP contribution in [0.1, 0.15) is 0 Å². The molecule has 0 spiro atoms. The van der Waals surface area contributed by atoms with Crippen LogP contribution >= 0.6 is 0 Å². The summed E-state index contributed by atoms with van der Waals surface area (Å²) < 4.78 is 8.50. The molecule has 0 bridgehead atoms. The third-order valence-corrected chi connectivity index (χ3v) is 1.47. The largest absolute Gasteiger partial charge is 0.601 e. The monoisotopic (exact) mass is 214 g/mol. The molecule has 0 amide bonds. The van der Waals surface area contributed by atoms with Crippen molar-refractivity contribution in [2.75, 3.05) is 16.9 Å². The van der Waals surface area contributed by atoms with E-state index in [0.717, 1.165) is 0 Å². The summed E-state index contributed by atoms with van der Waals surface area (Å²) in [6, 6.07) is 0. The molecule has 0 radical (unpaired) electrons. The summed E-state index contributed by atoms with van der Waals surface area (Å²) in [6.07, 6.45) is 0. The van der Waals surface area contributed by atoms with Crippen molar-refractivity contribution in [1.29, 1.82) is 0 Å². The number of nitrogen functional groups attached to an aromatic ring is 2. The van der Waals surface area contributed by atoms with Gasteiger partial charge in [0, 0.05) is 5.16 Å². The van der Waals surface area contributed by atoms with Gasteiger partial charge in [-0.2, -0.15) is 0 Å². The van der Waals surface area contributed by atoms with E-state index in [2.05, 4.69) is 35.3 Å². The van der Waals surface area contributed by atoms with Gasteiger partial charge in [0.05, 0.1) is 0 Å². The zero-order valence-corrected chi connectivity index (χ0v) is 7.17. The minimum atomic E-state index is -0.670. The van der Waals surface area contributed by atoms with Crippen molar-refractivity contribution in [3.63, 3.8) is 0 Å². The molecule has 1 unspecified atom stereocenters. The van der Waals surface area contributed by atoms with E-state index in [0.29, 0.717) is 0 Å². The first-order valence-corrected chi connectivity index (χ1v) is 3.66. The highest BCUT2D eigenvalue weighted by Gasteiger charge is 2.17. The molecule has 6 N–H and O–H groups in total. The molecular formula is C4H6N8O3. The summed E-state index contributed by atoms with van der Waals surface area (Å²) in [4.78, 5) is 0. The van der Waals surface area contributed by atoms with Crippen LogP contribution in [0.25, 0.3) is 0 Å². The molecule has 0 aliphatic heterocycles. The van der Waals surface area contributed by atoms with Crippen LogP contribution in [0, 0.1) is 5.21 Å². The van der Waals surface area contributed by atoms with Crippen LogP contribution in [-0.4, -0.2) is 20.6 Å². The van der Waals surface area contributed by atoms with Crippen molar-refractivity contribution in [2.45, 2.75) is 0 Å². The normalized spacial score (nSPS) is 12.6. The highest BCUT2D eigenvalue weighted by Crippen LogP contribution is 2.09. The number of hydrogen-bond acceptors (Lipinski definition) is 10. The highest BCUT2D eigenvalue weighted by molar-refractivity contribution is 5.53. The van der Waals surface area contributed by atoms with Gasteiger partial charge in [0.25, 0.3) is 11.6 Å². The Balaban J connectivity index is 2.14. The van der Waals surface area contributed by atoms with Gasteiger partial charge >= 0.3 is 5.82 Å². The molecule has 1 atom stereocenters. The molecule has 0 aromatic carbocycles. The van der Waals surface area contributed by atoms with Gasteiger partial charge in [0.2, 0.25) is 5.82 Å². The number of aromatic nitrogens is 4. The summed E-state index contributed by atoms with van der Waals surface area (Å²) >= 11 is 0. The quantitative estimate of drug-likeness (QED) is 0.406. The molecule has 0 saturated heterocycles. The average Bonchev–Trinajstić information content (AvgIpc) is 2.76. The lowest BCUT2D eigenvalue weighted by atomic mass is 10.6. The second-order valence-electron chi connectivity index (χ2n) is 2.45. The van der Waals surface area contributed by atoms with Gasteiger partial charge in [-0.3, -0.25) is 0 Å². The minimum absolute atomic E-state index is 0.0256. The van der Waals surface area contributed by atoms with Gasteiger partial charge in [-0.15, -0.1) is 0 Å². The zero-order chi connectivity index (χ0) is 10.8. The lowest BCUT2D eigenvalue weighted by Gasteiger charge is -2.16. The van der Waals surface area contributed by atoms with Gasteiger partial charge in [0.15, 0.2) is 0 Å². The van der Waals surface area contributed by atoms with Crippen LogP contribution in [0.5, 0.6) is 0 Å². The van der Waals surface area contributed by atoms with E-state index in [1.807, 2.05) is 0 Å². The molecule has 2 heterocycles. The topological polar surface area (TPSA) is 169 Å². The Bertz CT molecular complexity index is 450. The standard InChI is InChI=1S/C4H6N8O3/c5-1-3(10-14-8-1)7-12(13)4-2(6)9-15-11-4/h12H,(H2,5,8)(H2,6,9)(H,7,10). The van der Waals surface area contributed by atoms with Gasteiger partial charge < -0.3 is 16.7 Å². The Morgan fingerprint density at radius 1 is 1.07 bits per heavy atom. The Kier molecular flexibility index (Phi) is 2.07. The molecule has 0 aliphatic rings. The third-order valence-electron chi connectivity index (χ3n) is 1.47. The maximum absolute atomic E-state index is 11.4. The highest BCUT2D eigenvalue weighted by atomic mass is 16.6. The molecule has 15 heavy (non-hydrogen) atoms. The number of quaternary nitrogens is 1. The van der Waals surface area contributed by atoms with Gasteiger partial charge in [0.1, 0.15) is 0 Å². The number of nitrogens with one attached hydrogen (secondary N) is 2. The van der Waals surface area contributed by atoms with Crippen molar-refractivity contribution >= 4 is 23.3 Å². The fourth-order valence-electron chi connectivity index (χ4n) is 0.802. The molecule has 0 aliphatic carbocycles. The first kappa shape index (κ1) is 9.17. The molecule has 0 saturated carbocycles. The van der Waals surface area contributed by atoms with E-state index >= 15 is 0 Å². The molecule has 80 valence electrons. The van der Waals surface area contributed by atoms with Crippen LogP contribution in [0.2, 0.25) is 0 Å². The molecule has 2 rings (SSSR count). The number of anilines is 3. The van der Waals surface area contributed by atoms with Crippen molar-refractivity contribution in [3.8, 4) is 0 Å². The number of nitrogens with zero attached hydrogens (tertiary/aromatic N) is 4. The molecule has 11 nitrogen and oxygen atoms in total. The van der Waals surface area contributed by atoms with E-state index in [4.69, 9.17) is 11.5 Å². The number of rotatable bonds is 3. The van der Waals surface area contributed by atoms with E-state index in [-0.39, 0.29) is 23.3 Å². The number of hydrogen-bond donors (Lipinski definition) is 4. The second-order valence-corrected chi connectivity index (χ2v) is 2.45. The molecule has 2 aromatic rings. The molecular weight excluding hydrogens is 208 g/mol. The Hall–Kier alpha value is -2.40. The molecule has 2 aromatic heterocycles. The smallest absolute Gasteiger partial charge is 0.334 e. The SMILES string of the molecule is Nc1nonc1N[NH+]([O-])c1nonc1N. The second kappa shape index (κ2) is 3.39. The van der Waals surface area contributed by atoms with E-state index in [9.17, 15) is 5.21 Å². The molecule has 0 fully saturated rings. The van der Waals surface area contributed by atoms with Gasteiger partial charge in [-0.1, -0.05) is 0 Å². The fourth-order valence-corrected chi connectivity index (χ4v) is 0.802. The van der Waals surface area contributed by atoms with Crippen LogP contribution in [0.3, 0.4) is 0 Å². The Labute approximate surface area is 81.5 Å². The van der Waals surface area contributed by atoms with Gasteiger partial charge in [-0.05, 0) is 15.5 Å². The fraction of sp³-hybridized carbons (Fsp3) is 0. The summed E-state index contributed by atoms with van der Waals surface area (Å²) in [5.41, 5.74) is 12.9.